The van der Waals surface area contributed by atoms with Gasteiger partial charge in [-0.15, -0.1) is 11.3 Å². The Kier molecular flexibility index (Phi) is 3.31. The van der Waals surface area contributed by atoms with E-state index in [4.69, 9.17) is 0 Å². The molecule has 0 aliphatic heterocycles. The van der Waals surface area contributed by atoms with Gasteiger partial charge in [-0.1, -0.05) is 20.8 Å². The van der Waals surface area contributed by atoms with Crippen LogP contribution in [0.1, 0.15) is 26.6 Å². The van der Waals surface area contributed by atoms with Gasteiger partial charge in [0.1, 0.15) is 10.5 Å². The van der Waals surface area contributed by atoms with Crippen LogP contribution in [-0.4, -0.2) is 16.5 Å². The highest BCUT2D eigenvalue weighted by atomic mass is 32.1. The second kappa shape index (κ2) is 4.58. The van der Waals surface area contributed by atoms with Crippen molar-refractivity contribution in [3.8, 4) is 0 Å². The number of nitrogens with one attached hydrogen (secondary N) is 2. The molecule has 2 aromatic rings. The van der Waals surface area contributed by atoms with E-state index in [0.29, 0.717) is 17.1 Å². The quantitative estimate of drug-likeness (QED) is 0.878. The highest BCUT2D eigenvalue weighted by molar-refractivity contribution is 7.17. The molecule has 0 radical (unpaired) electrons. The molecule has 5 heteroatoms. The van der Waals surface area contributed by atoms with Crippen LogP contribution in [0.4, 0.5) is 0 Å². The fraction of sp³-hybridized carbons (Fsp3) is 0.500. The largest absolute Gasteiger partial charge is 0.309 e. The Morgan fingerprint density at radius 3 is 2.94 bits per heavy atom. The lowest BCUT2D eigenvalue weighted by Gasteiger charge is -2.18. The summed E-state index contributed by atoms with van der Waals surface area (Å²) in [6, 6.07) is 1.88. The molecule has 2 rings (SSSR count). The van der Waals surface area contributed by atoms with Crippen LogP contribution in [0.15, 0.2) is 16.2 Å². The van der Waals surface area contributed by atoms with Crippen LogP contribution < -0.4 is 10.9 Å². The van der Waals surface area contributed by atoms with E-state index in [-0.39, 0.29) is 11.0 Å². The van der Waals surface area contributed by atoms with Crippen molar-refractivity contribution in [2.75, 3.05) is 6.54 Å². The lowest BCUT2D eigenvalue weighted by molar-refractivity contribution is 0.377. The first-order valence-electron chi connectivity index (χ1n) is 5.63. The van der Waals surface area contributed by atoms with Crippen LogP contribution in [0.2, 0.25) is 0 Å². The minimum atomic E-state index is -0.0439. The molecule has 0 bridgehead atoms. The number of nitrogens with zero attached hydrogens (tertiary/aromatic N) is 1. The van der Waals surface area contributed by atoms with Gasteiger partial charge >= 0.3 is 0 Å². The third-order valence-corrected chi connectivity index (χ3v) is 3.21. The SMILES string of the molecule is CC(C)(C)CNCc1nc2ccsc2c(=O)[nH]1. The molecule has 0 amide bonds. The molecule has 0 aliphatic rings. The summed E-state index contributed by atoms with van der Waals surface area (Å²) in [6.07, 6.45) is 0. The summed E-state index contributed by atoms with van der Waals surface area (Å²) in [7, 11) is 0. The summed E-state index contributed by atoms with van der Waals surface area (Å²) in [4.78, 5) is 18.9. The fourth-order valence-corrected chi connectivity index (χ4v) is 2.29. The molecule has 0 atom stereocenters. The number of hydrogen-bond donors (Lipinski definition) is 2. The van der Waals surface area contributed by atoms with Gasteiger partial charge in [0.15, 0.2) is 0 Å². The van der Waals surface area contributed by atoms with Crippen molar-refractivity contribution in [1.29, 1.82) is 0 Å². The van der Waals surface area contributed by atoms with Gasteiger partial charge in [-0.25, -0.2) is 4.98 Å². The minimum Gasteiger partial charge on any atom is -0.309 e. The summed E-state index contributed by atoms with van der Waals surface area (Å²) in [5, 5.41) is 5.18. The molecule has 0 aliphatic carbocycles. The highest BCUT2D eigenvalue weighted by Crippen LogP contribution is 2.14. The van der Waals surface area contributed by atoms with E-state index in [1.807, 2.05) is 11.4 Å². The molecule has 0 fully saturated rings. The third kappa shape index (κ3) is 3.14. The molecular weight excluding hydrogens is 234 g/mol. The van der Waals surface area contributed by atoms with Crippen LogP contribution in [0.25, 0.3) is 10.2 Å². The average Bonchev–Trinajstić information content (AvgIpc) is 2.64. The molecule has 0 saturated carbocycles. The van der Waals surface area contributed by atoms with Crippen LogP contribution in [-0.2, 0) is 6.54 Å². The summed E-state index contributed by atoms with van der Waals surface area (Å²) >= 11 is 1.42. The smallest absolute Gasteiger partial charge is 0.268 e. The van der Waals surface area contributed by atoms with Gasteiger partial charge in [-0.2, -0.15) is 0 Å². The minimum absolute atomic E-state index is 0.0439. The van der Waals surface area contributed by atoms with E-state index in [1.165, 1.54) is 11.3 Å². The maximum absolute atomic E-state index is 11.7. The average molecular weight is 251 g/mol. The van der Waals surface area contributed by atoms with Crippen LogP contribution in [0.3, 0.4) is 0 Å². The van der Waals surface area contributed by atoms with Crippen molar-refractivity contribution in [2.24, 2.45) is 5.41 Å². The molecule has 0 spiro atoms. The molecule has 4 nitrogen and oxygen atoms in total. The second-order valence-corrected chi connectivity index (χ2v) is 6.23. The summed E-state index contributed by atoms with van der Waals surface area (Å²) in [6.45, 7) is 7.98. The maximum Gasteiger partial charge on any atom is 0.268 e. The number of aromatic nitrogens is 2. The van der Waals surface area contributed by atoms with Crippen molar-refractivity contribution in [1.82, 2.24) is 15.3 Å². The molecule has 0 saturated heterocycles. The van der Waals surface area contributed by atoms with E-state index < -0.39 is 0 Å². The Morgan fingerprint density at radius 1 is 1.47 bits per heavy atom. The van der Waals surface area contributed by atoms with Crippen molar-refractivity contribution in [2.45, 2.75) is 27.3 Å². The zero-order chi connectivity index (χ0) is 12.5. The third-order valence-electron chi connectivity index (χ3n) is 2.31. The van der Waals surface area contributed by atoms with E-state index in [0.717, 1.165) is 12.1 Å². The Bertz CT molecular complexity index is 565. The molecule has 0 unspecified atom stereocenters. The zero-order valence-corrected chi connectivity index (χ0v) is 11.1. The number of hydrogen-bond acceptors (Lipinski definition) is 4. The van der Waals surface area contributed by atoms with Crippen LogP contribution >= 0.6 is 11.3 Å². The molecular formula is C12H17N3OS. The lowest BCUT2D eigenvalue weighted by atomic mass is 9.97. The van der Waals surface area contributed by atoms with Crippen molar-refractivity contribution in [3.63, 3.8) is 0 Å². The van der Waals surface area contributed by atoms with Crippen molar-refractivity contribution >= 4 is 21.6 Å². The summed E-state index contributed by atoms with van der Waals surface area (Å²) in [5.41, 5.74) is 0.969. The Hall–Kier alpha value is -1.20. The van der Waals surface area contributed by atoms with Crippen LogP contribution in [0.5, 0.6) is 0 Å². The Labute approximate surface area is 104 Å². The van der Waals surface area contributed by atoms with E-state index in [1.54, 1.807) is 0 Å². The number of H-pyrrole nitrogens is 1. The number of rotatable bonds is 3. The van der Waals surface area contributed by atoms with Crippen LogP contribution in [0, 0.1) is 5.41 Å². The van der Waals surface area contributed by atoms with Gasteiger partial charge < -0.3 is 10.3 Å². The van der Waals surface area contributed by atoms with Gasteiger partial charge in [0, 0.05) is 6.54 Å². The number of aromatic amines is 1. The molecule has 2 aromatic heterocycles. The first-order valence-corrected chi connectivity index (χ1v) is 6.51. The monoisotopic (exact) mass is 251 g/mol. The highest BCUT2D eigenvalue weighted by Gasteiger charge is 2.10. The van der Waals surface area contributed by atoms with Crippen molar-refractivity contribution in [3.05, 3.63) is 27.6 Å². The maximum atomic E-state index is 11.7. The lowest BCUT2D eigenvalue weighted by Crippen LogP contribution is -2.28. The van der Waals surface area contributed by atoms with Gasteiger partial charge in [-0.05, 0) is 16.9 Å². The first kappa shape index (κ1) is 12.3. The summed E-state index contributed by atoms with van der Waals surface area (Å²) in [5.74, 6) is 0.699. The number of fused-ring (bicyclic) bond motifs is 1. The topological polar surface area (TPSA) is 57.8 Å². The molecule has 92 valence electrons. The second-order valence-electron chi connectivity index (χ2n) is 5.31. The fourth-order valence-electron chi connectivity index (χ4n) is 1.56. The van der Waals surface area contributed by atoms with Gasteiger partial charge in [0.05, 0.1) is 12.1 Å². The van der Waals surface area contributed by atoms with Gasteiger partial charge in [0.2, 0.25) is 0 Å². The summed E-state index contributed by atoms with van der Waals surface area (Å²) < 4.78 is 0.699. The normalized spacial score (nSPS) is 12.2. The van der Waals surface area contributed by atoms with E-state index in [2.05, 4.69) is 36.1 Å². The van der Waals surface area contributed by atoms with Gasteiger partial charge in [-0.3, -0.25) is 4.79 Å². The predicted octanol–water partition coefficient (Wildman–Crippen LogP) is 2.12. The Balaban J connectivity index is 2.11. The molecule has 0 aromatic carbocycles. The zero-order valence-electron chi connectivity index (χ0n) is 10.3. The predicted molar refractivity (Wildman–Crippen MR) is 71.4 cm³/mol. The van der Waals surface area contributed by atoms with E-state index >= 15 is 0 Å². The molecule has 17 heavy (non-hydrogen) atoms. The van der Waals surface area contributed by atoms with E-state index in [9.17, 15) is 4.79 Å². The molecule has 2 heterocycles. The standard InChI is InChI=1S/C12H17N3OS/c1-12(2,3)7-13-6-9-14-8-4-5-17-10(8)11(16)15-9/h4-5,13H,6-7H2,1-3H3,(H,14,15,16). The Morgan fingerprint density at radius 2 is 2.24 bits per heavy atom. The molecule has 2 N–H and O–H groups in total. The first-order chi connectivity index (χ1) is 7.96. The number of thiophene rings is 1. The van der Waals surface area contributed by atoms with Gasteiger partial charge in [0.25, 0.3) is 5.56 Å². The van der Waals surface area contributed by atoms with Crippen molar-refractivity contribution < 1.29 is 0 Å².